The number of aromatic nitrogens is 2. The molecule has 0 saturated heterocycles. The Morgan fingerprint density at radius 1 is 1.33 bits per heavy atom. The lowest BCUT2D eigenvalue weighted by Gasteiger charge is -2.02. The van der Waals surface area contributed by atoms with Gasteiger partial charge in [-0.1, -0.05) is 28.9 Å². The van der Waals surface area contributed by atoms with Crippen LogP contribution < -0.4 is 5.62 Å². The lowest BCUT2D eigenvalue weighted by Crippen LogP contribution is -2.21. The third-order valence-electron chi connectivity index (χ3n) is 3.65. The van der Waals surface area contributed by atoms with Crippen LogP contribution in [0.1, 0.15) is 29.3 Å². The molecule has 0 aliphatic heterocycles. The van der Waals surface area contributed by atoms with Gasteiger partial charge in [0.25, 0.3) is 5.91 Å². The second-order valence-corrected chi connectivity index (χ2v) is 6.29. The maximum atomic E-state index is 12.5. The van der Waals surface area contributed by atoms with E-state index < -0.39 is 0 Å². The summed E-state index contributed by atoms with van der Waals surface area (Å²) in [5.41, 5.74) is 3.26. The number of H-pyrrole nitrogens is 1. The third kappa shape index (κ3) is 3.17. The fraction of sp³-hybridized carbons (Fsp3) is 0.167. The van der Waals surface area contributed by atoms with E-state index >= 15 is 0 Å². The minimum absolute atomic E-state index is 0.373. The Balaban J connectivity index is 2.13. The normalized spacial score (nSPS) is 11.6. The van der Waals surface area contributed by atoms with Gasteiger partial charge < -0.3 is 9.55 Å². The standard InChI is InChI=1S/C18H15BrN4O/c1-2-8-23-16-10-14(19)6-7-15(16)21-18(23)22-17(24)13-5-3-4-12(9-13)11-20/h3-7,9-10H,2,8H2,1H3,(H,21,22,24). The predicted molar refractivity (Wildman–Crippen MR) is 95.3 cm³/mol. The van der Waals surface area contributed by atoms with E-state index in [2.05, 4.69) is 32.8 Å². The molecule has 5 nitrogen and oxygen atoms in total. The maximum absolute atomic E-state index is 12.5. The van der Waals surface area contributed by atoms with Gasteiger partial charge >= 0.3 is 0 Å². The molecule has 2 aromatic carbocycles. The molecule has 6 heteroatoms. The fourth-order valence-corrected chi connectivity index (χ4v) is 2.91. The third-order valence-corrected chi connectivity index (χ3v) is 4.14. The molecule has 0 atom stereocenters. The quantitative estimate of drug-likeness (QED) is 0.748. The molecule has 0 aliphatic carbocycles. The summed E-state index contributed by atoms with van der Waals surface area (Å²) >= 11 is 3.48. The molecule has 1 heterocycles. The highest BCUT2D eigenvalue weighted by Crippen LogP contribution is 2.17. The summed E-state index contributed by atoms with van der Waals surface area (Å²) in [4.78, 5) is 19.9. The van der Waals surface area contributed by atoms with Crippen LogP contribution in [0.15, 0.2) is 51.9 Å². The molecule has 0 saturated carbocycles. The van der Waals surface area contributed by atoms with Crippen molar-refractivity contribution in [2.75, 3.05) is 0 Å². The first-order valence-electron chi connectivity index (χ1n) is 7.59. The number of imidazole rings is 1. The van der Waals surface area contributed by atoms with Crippen molar-refractivity contribution >= 4 is 32.9 Å². The van der Waals surface area contributed by atoms with Crippen molar-refractivity contribution in [3.63, 3.8) is 0 Å². The van der Waals surface area contributed by atoms with Gasteiger partial charge in [0.05, 0.1) is 22.7 Å². The lowest BCUT2D eigenvalue weighted by molar-refractivity contribution is 0.0996. The van der Waals surface area contributed by atoms with Gasteiger partial charge in [0, 0.05) is 16.6 Å². The number of nitrogens with zero attached hydrogens (tertiary/aromatic N) is 3. The highest BCUT2D eigenvalue weighted by molar-refractivity contribution is 9.10. The average Bonchev–Trinajstić information content (AvgIpc) is 2.92. The van der Waals surface area contributed by atoms with Crippen LogP contribution in [0.3, 0.4) is 0 Å². The van der Waals surface area contributed by atoms with Gasteiger partial charge in [-0.2, -0.15) is 10.3 Å². The van der Waals surface area contributed by atoms with Crippen LogP contribution in [0, 0.1) is 11.3 Å². The zero-order valence-corrected chi connectivity index (χ0v) is 14.7. The summed E-state index contributed by atoms with van der Waals surface area (Å²) in [6.45, 7) is 2.83. The molecule has 0 radical (unpaired) electrons. The monoisotopic (exact) mass is 382 g/mol. The summed E-state index contributed by atoms with van der Waals surface area (Å²) in [6.07, 6.45) is 0.921. The largest absolute Gasteiger partial charge is 0.324 e. The number of carbonyl (C=O) groups is 1. The van der Waals surface area contributed by atoms with Crippen molar-refractivity contribution in [3.05, 3.63) is 63.7 Å². The van der Waals surface area contributed by atoms with E-state index in [-0.39, 0.29) is 5.91 Å². The Hall–Kier alpha value is -2.65. The first-order chi connectivity index (χ1) is 11.6. The van der Waals surface area contributed by atoms with Crippen LogP contribution in [-0.2, 0) is 6.54 Å². The van der Waals surface area contributed by atoms with E-state index in [1.54, 1.807) is 24.3 Å². The number of nitrogens with one attached hydrogen (secondary N) is 1. The molecule has 24 heavy (non-hydrogen) atoms. The molecule has 120 valence electrons. The van der Waals surface area contributed by atoms with E-state index in [1.807, 2.05) is 28.8 Å². The highest BCUT2D eigenvalue weighted by atomic mass is 79.9. The van der Waals surface area contributed by atoms with Crippen LogP contribution in [-0.4, -0.2) is 15.5 Å². The number of aryl methyl sites for hydroxylation is 1. The summed E-state index contributed by atoms with van der Waals surface area (Å²) in [5.74, 6) is -0.373. The molecule has 1 amide bonds. The van der Waals surface area contributed by atoms with Crippen molar-refractivity contribution in [2.45, 2.75) is 19.9 Å². The van der Waals surface area contributed by atoms with Crippen molar-refractivity contribution in [1.29, 1.82) is 5.26 Å². The number of aromatic amines is 1. The van der Waals surface area contributed by atoms with Crippen molar-refractivity contribution in [3.8, 4) is 6.07 Å². The molecule has 0 unspecified atom stereocenters. The summed E-state index contributed by atoms with van der Waals surface area (Å²) in [6, 6.07) is 14.5. The Morgan fingerprint density at radius 3 is 2.92 bits per heavy atom. The van der Waals surface area contributed by atoms with Crippen LogP contribution in [0.5, 0.6) is 0 Å². The van der Waals surface area contributed by atoms with E-state index in [1.165, 1.54) is 0 Å². The topological polar surface area (TPSA) is 73.9 Å². The van der Waals surface area contributed by atoms with Gasteiger partial charge in [-0.3, -0.25) is 4.79 Å². The minimum atomic E-state index is -0.373. The number of hydrogen-bond acceptors (Lipinski definition) is 2. The summed E-state index contributed by atoms with van der Waals surface area (Å²) in [5, 5.41) is 8.96. The number of rotatable bonds is 3. The zero-order valence-electron chi connectivity index (χ0n) is 13.1. The van der Waals surface area contributed by atoms with Gasteiger partial charge in [-0.25, -0.2) is 0 Å². The zero-order chi connectivity index (χ0) is 17.1. The molecular formula is C18H15BrN4O. The lowest BCUT2D eigenvalue weighted by atomic mass is 10.1. The molecule has 1 N–H and O–H groups in total. The van der Waals surface area contributed by atoms with Gasteiger partial charge in [0.1, 0.15) is 0 Å². The Bertz CT molecular complexity index is 1020. The number of carbonyl (C=O) groups excluding carboxylic acids is 1. The van der Waals surface area contributed by atoms with Crippen LogP contribution in [0.4, 0.5) is 0 Å². The smallest absolute Gasteiger partial charge is 0.280 e. The van der Waals surface area contributed by atoms with Gasteiger partial charge in [0.2, 0.25) is 5.62 Å². The van der Waals surface area contributed by atoms with E-state index in [4.69, 9.17) is 5.26 Å². The minimum Gasteiger partial charge on any atom is -0.324 e. The number of fused-ring (bicyclic) bond motifs is 1. The van der Waals surface area contributed by atoms with E-state index in [9.17, 15) is 4.79 Å². The van der Waals surface area contributed by atoms with E-state index in [0.29, 0.717) is 16.7 Å². The molecule has 0 bridgehead atoms. The number of benzene rings is 2. The molecule has 3 aromatic rings. The average molecular weight is 383 g/mol. The first-order valence-corrected chi connectivity index (χ1v) is 8.39. The maximum Gasteiger partial charge on any atom is 0.280 e. The van der Waals surface area contributed by atoms with Gasteiger partial charge in [0.15, 0.2) is 0 Å². The van der Waals surface area contributed by atoms with Crippen molar-refractivity contribution in [2.24, 2.45) is 4.99 Å². The second kappa shape index (κ2) is 6.85. The highest BCUT2D eigenvalue weighted by Gasteiger charge is 2.09. The summed E-state index contributed by atoms with van der Waals surface area (Å²) in [7, 11) is 0. The SMILES string of the molecule is CCCn1/c(=N/C(=O)c2cccc(C#N)c2)[nH]c2ccc(Br)cc21. The van der Waals surface area contributed by atoms with Crippen molar-refractivity contribution < 1.29 is 4.79 Å². The van der Waals surface area contributed by atoms with Crippen LogP contribution >= 0.6 is 15.9 Å². The molecule has 1 aromatic heterocycles. The van der Waals surface area contributed by atoms with Gasteiger partial charge in [-0.05, 0) is 42.8 Å². The molecule has 0 fully saturated rings. The molecule has 0 aliphatic rings. The van der Waals surface area contributed by atoms with Crippen LogP contribution in [0.25, 0.3) is 11.0 Å². The Labute approximate surface area is 147 Å². The predicted octanol–water partition coefficient (Wildman–Crippen LogP) is 3.75. The Kier molecular flexibility index (Phi) is 4.63. The van der Waals surface area contributed by atoms with Gasteiger partial charge in [-0.15, -0.1) is 0 Å². The number of nitriles is 1. The second-order valence-electron chi connectivity index (χ2n) is 5.37. The first kappa shape index (κ1) is 16.2. The number of hydrogen-bond donors (Lipinski definition) is 1. The molecule has 0 spiro atoms. The Morgan fingerprint density at radius 2 is 2.17 bits per heavy atom. The fourth-order valence-electron chi connectivity index (χ4n) is 2.56. The van der Waals surface area contributed by atoms with Crippen LogP contribution in [0.2, 0.25) is 0 Å². The van der Waals surface area contributed by atoms with Crippen molar-refractivity contribution in [1.82, 2.24) is 9.55 Å². The summed E-state index contributed by atoms with van der Waals surface area (Å²) < 4.78 is 2.96. The van der Waals surface area contributed by atoms with E-state index in [0.717, 1.165) is 28.5 Å². The number of halogens is 1. The molecule has 3 rings (SSSR count). The number of amides is 1. The molecular weight excluding hydrogens is 368 g/mol.